The van der Waals surface area contributed by atoms with Gasteiger partial charge in [0.05, 0.1) is 5.56 Å². The van der Waals surface area contributed by atoms with Crippen molar-refractivity contribution in [3.8, 4) is 11.5 Å². The maximum Gasteiger partial charge on any atom is 0.336 e. The molecule has 0 aliphatic heterocycles. The average Bonchev–Trinajstić information content (AvgIpc) is 2.54. The lowest BCUT2D eigenvalue weighted by Crippen LogP contribution is -1.97. The van der Waals surface area contributed by atoms with Gasteiger partial charge in [-0.25, -0.2) is 9.78 Å². The fraction of sp³-hybridized carbons (Fsp3) is 0.0588. The summed E-state index contributed by atoms with van der Waals surface area (Å²) in [6.45, 7) is 0. The zero-order chi connectivity index (χ0) is 15.5. The van der Waals surface area contributed by atoms with Gasteiger partial charge in [-0.1, -0.05) is 12.1 Å². The van der Waals surface area contributed by atoms with Gasteiger partial charge in [0.25, 0.3) is 0 Å². The summed E-state index contributed by atoms with van der Waals surface area (Å²) >= 11 is 0. The number of rotatable bonds is 4. The molecule has 110 valence electrons. The normalized spacial score (nSPS) is 10.4. The Balaban J connectivity index is 1.97. The number of fused-ring (bicyclic) bond motifs is 1. The van der Waals surface area contributed by atoms with Crippen molar-refractivity contribution in [2.45, 2.75) is 0 Å². The molecule has 0 aliphatic carbocycles. The summed E-state index contributed by atoms with van der Waals surface area (Å²) in [5.41, 5.74) is 0.283. The lowest BCUT2D eigenvalue weighted by Gasteiger charge is -2.09. The van der Waals surface area contributed by atoms with Gasteiger partial charge in [0.1, 0.15) is 17.3 Å². The number of aromatic nitrogens is 1. The van der Waals surface area contributed by atoms with E-state index in [1.165, 1.54) is 0 Å². The molecule has 0 fully saturated rings. The molecule has 3 aromatic rings. The lowest BCUT2D eigenvalue weighted by atomic mass is 10.0. The molecule has 22 heavy (non-hydrogen) atoms. The highest BCUT2D eigenvalue weighted by molar-refractivity contribution is 6.03. The van der Waals surface area contributed by atoms with E-state index in [4.69, 9.17) is 4.74 Å². The van der Waals surface area contributed by atoms with Gasteiger partial charge >= 0.3 is 5.97 Å². The summed E-state index contributed by atoms with van der Waals surface area (Å²) in [6, 6.07) is 14.1. The van der Waals surface area contributed by atoms with Crippen LogP contribution in [0, 0.1) is 0 Å². The second-order valence-corrected chi connectivity index (χ2v) is 4.72. The molecule has 5 nitrogen and oxygen atoms in total. The van der Waals surface area contributed by atoms with E-state index in [0.29, 0.717) is 22.7 Å². The number of hydrogen-bond donors (Lipinski definition) is 2. The molecule has 2 N–H and O–H groups in total. The number of nitrogens with zero attached hydrogens (tertiary/aromatic N) is 1. The van der Waals surface area contributed by atoms with Crippen LogP contribution in [0.2, 0.25) is 0 Å². The molecular weight excluding hydrogens is 280 g/mol. The summed E-state index contributed by atoms with van der Waals surface area (Å²) in [5.74, 6) is 1.08. The first-order chi connectivity index (χ1) is 10.7. The largest absolute Gasteiger partial charge is 0.478 e. The highest BCUT2D eigenvalue weighted by Crippen LogP contribution is 2.28. The molecule has 0 unspecified atom stereocenters. The smallest absolute Gasteiger partial charge is 0.336 e. The molecule has 1 aromatic heterocycles. The molecular formula is C17H14N2O3. The van der Waals surface area contributed by atoms with Crippen molar-refractivity contribution < 1.29 is 14.6 Å². The van der Waals surface area contributed by atoms with Crippen LogP contribution in [0.3, 0.4) is 0 Å². The highest BCUT2D eigenvalue weighted by Gasteiger charge is 2.08. The topological polar surface area (TPSA) is 71.5 Å². The highest BCUT2D eigenvalue weighted by atomic mass is 16.5. The molecule has 0 atom stereocenters. The first-order valence-electron chi connectivity index (χ1n) is 6.75. The number of carboxylic acid groups (broad SMARTS) is 1. The van der Waals surface area contributed by atoms with Crippen molar-refractivity contribution in [2.75, 3.05) is 12.4 Å². The molecule has 3 rings (SSSR count). The second kappa shape index (κ2) is 5.73. The molecule has 0 bridgehead atoms. The predicted molar refractivity (Wildman–Crippen MR) is 84.8 cm³/mol. The van der Waals surface area contributed by atoms with Crippen LogP contribution in [0.15, 0.2) is 54.7 Å². The monoisotopic (exact) mass is 294 g/mol. The second-order valence-electron chi connectivity index (χ2n) is 4.72. The van der Waals surface area contributed by atoms with Gasteiger partial charge in [0.15, 0.2) is 0 Å². The molecule has 1 heterocycles. The molecule has 0 saturated carbocycles. The summed E-state index contributed by atoms with van der Waals surface area (Å²) < 4.78 is 5.80. The van der Waals surface area contributed by atoms with Crippen molar-refractivity contribution >= 4 is 22.6 Å². The van der Waals surface area contributed by atoms with Crippen LogP contribution >= 0.6 is 0 Å². The number of carbonyl (C=O) groups is 1. The molecule has 0 amide bonds. The van der Waals surface area contributed by atoms with Crippen molar-refractivity contribution in [3.05, 3.63) is 60.3 Å². The minimum Gasteiger partial charge on any atom is -0.478 e. The fourth-order valence-corrected chi connectivity index (χ4v) is 2.26. The van der Waals surface area contributed by atoms with Gasteiger partial charge in [0, 0.05) is 19.3 Å². The molecule has 5 heteroatoms. The van der Waals surface area contributed by atoms with Crippen molar-refractivity contribution in [2.24, 2.45) is 0 Å². The van der Waals surface area contributed by atoms with Crippen LogP contribution in [-0.4, -0.2) is 23.1 Å². The Bertz CT molecular complexity index is 846. The van der Waals surface area contributed by atoms with Crippen LogP contribution in [0.5, 0.6) is 11.5 Å². The van der Waals surface area contributed by atoms with E-state index in [1.54, 1.807) is 49.6 Å². The zero-order valence-electron chi connectivity index (χ0n) is 11.9. The van der Waals surface area contributed by atoms with Crippen molar-refractivity contribution in [3.63, 3.8) is 0 Å². The lowest BCUT2D eigenvalue weighted by molar-refractivity contribution is 0.0699. The Labute approximate surface area is 127 Å². The van der Waals surface area contributed by atoms with E-state index in [9.17, 15) is 9.90 Å². The summed E-state index contributed by atoms with van der Waals surface area (Å²) in [5, 5.41) is 13.7. The van der Waals surface area contributed by atoms with Gasteiger partial charge in [-0.05, 0) is 41.1 Å². The Morgan fingerprint density at radius 2 is 1.95 bits per heavy atom. The number of anilines is 1. The SMILES string of the molecule is CNc1cc(Oc2ccc3c(C(=O)O)cccc3c2)ccn1. The number of ether oxygens (including phenoxy) is 1. The maximum atomic E-state index is 11.2. The number of pyridine rings is 1. The number of hydrogen-bond acceptors (Lipinski definition) is 4. The fourth-order valence-electron chi connectivity index (χ4n) is 2.26. The molecule has 2 aromatic carbocycles. The quantitative estimate of drug-likeness (QED) is 0.766. The van der Waals surface area contributed by atoms with E-state index < -0.39 is 5.97 Å². The Morgan fingerprint density at radius 1 is 1.14 bits per heavy atom. The molecule has 0 spiro atoms. The summed E-state index contributed by atoms with van der Waals surface area (Å²) in [4.78, 5) is 15.3. The van der Waals surface area contributed by atoms with Crippen LogP contribution < -0.4 is 10.1 Å². The van der Waals surface area contributed by atoms with E-state index in [2.05, 4.69) is 10.3 Å². The van der Waals surface area contributed by atoms with E-state index >= 15 is 0 Å². The number of aromatic carboxylic acids is 1. The zero-order valence-corrected chi connectivity index (χ0v) is 11.9. The van der Waals surface area contributed by atoms with Crippen molar-refractivity contribution in [1.29, 1.82) is 0 Å². The minimum atomic E-state index is -0.938. The molecule has 0 radical (unpaired) electrons. The van der Waals surface area contributed by atoms with Crippen LogP contribution in [0.25, 0.3) is 10.8 Å². The Hall–Kier alpha value is -3.08. The first kappa shape index (κ1) is 13.9. The van der Waals surface area contributed by atoms with Gasteiger partial charge in [-0.2, -0.15) is 0 Å². The molecule has 0 saturated heterocycles. The Kier molecular flexibility index (Phi) is 3.62. The van der Waals surface area contributed by atoms with E-state index in [1.807, 2.05) is 12.1 Å². The number of carboxylic acids is 1. The van der Waals surface area contributed by atoms with Gasteiger partial charge in [0.2, 0.25) is 0 Å². The van der Waals surface area contributed by atoms with Crippen LogP contribution in [0.4, 0.5) is 5.82 Å². The first-order valence-corrected chi connectivity index (χ1v) is 6.75. The maximum absolute atomic E-state index is 11.2. The summed E-state index contributed by atoms with van der Waals surface area (Å²) in [7, 11) is 1.79. The third-order valence-electron chi connectivity index (χ3n) is 3.31. The van der Waals surface area contributed by atoms with Gasteiger partial charge in [-0.3, -0.25) is 0 Å². The van der Waals surface area contributed by atoms with Crippen LogP contribution in [-0.2, 0) is 0 Å². The molecule has 0 aliphatic rings. The Morgan fingerprint density at radius 3 is 2.73 bits per heavy atom. The van der Waals surface area contributed by atoms with Gasteiger partial charge < -0.3 is 15.2 Å². The summed E-state index contributed by atoms with van der Waals surface area (Å²) in [6.07, 6.45) is 1.66. The average molecular weight is 294 g/mol. The van der Waals surface area contributed by atoms with E-state index in [-0.39, 0.29) is 5.56 Å². The predicted octanol–water partition coefficient (Wildman–Crippen LogP) is 3.77. The number of benzene rings is 2. The van der Waals surface area contributed by atoms with Gasteiger partial charge in [-0.15, -0.1) is 0 Å². The minimum absolute atomic E-state index is 0.283. The van der Waals surface area contributed by atoms with Crippen LogP contribution in [0.1, 0.15) is 10.4 Å². The number of nitrogens with one attached hydrogen (secondary N) is 1. The van der Waals surface area contributed by atoms with Crippen molar-refractivity contribution in [1.82, 2.24) is 4.98 Å². The third kappa shape index (κ3) is 2.69. The van der Waals surface area contributed by atoms with E-state index in [0.717, 1.165) is 5.39 Å². The standard InChI is InChI=1S/C17H14N2O3/c1-18-16-10-13(7-8-19-16)22-12-5-6-14-11(9-12)3-2-4-15(14)17(20)21/h2-10H,1H3,(H,18,19)(H,20,21). The third-order valence-corrected chi connectivity index (χ3v) is 3.31.